The number of aromatic amines is 1. The third-order valence-electron chi connectivity index (χ3n) is 5.27. The Bertz CT molecular complexity index is 1090. The van der Waals surface area contributed by atoms with E-state index in [1.54, 1.807) is 12.1 Å². The molecule has 29 heavy (non-hydrogen) atoms. The summed E-state index contributed by atoms with van der Waals surface area (Å²) >= 11 is 0. The molecule has 6 nitrogen and oxygen atoms in total. The fraction of sp³-hybridized carbons (Fsp3) is 0.304. The number of hydrogen-bond acceptors (Lipinski definition) is 4. The van der Waals surface area contributed by atoms with Gasteiger partial charge in [0, 0.05) is 22.0 Å². The normalized spacial score (nSPS) is 14.2. The lowest BCUT2D eigenvalue weighted by Crippen LogP contribution is -2.18. The number of anilines is 1. The molecule has 6 heteroatoms. The SMILES string of the molecule is CCOc1ccc2[nH]c(-c3ccc(NC(=O)OCC4(C)CC4)cc3)c(C#N)c2c1. The van der Waals surface area contributed by atoms with Gasteiger partial charge in [-0.1, -0.05) is 19.1 Å². The second-order valence-electron chi connectivity index (χ2n) is 7.72. The highest BCUT2D eigenvalue weighted by molar-refractivity contribution is 5.94. The molecule has 1 aliphatic carbocycles. The maximum absolute atomic E-state index is 12.0. The zero-order chi connectivity index (χ0) is 20.4. The summed E-state index contributed by atoms with van der Waals surface area (Å²) in [6.45, 7) is 5.05. The van der Waals surface area contributed by atoms with Crippen LogP contribution in [-0.2, 0) is 4.74 Å². The molecule has 2 N–H and O–H groups in total. The Balaban J connectivity index is 1.53. The molecule has 4 rings (SSSR count). The van der Waals surface area contributed by atoms with Crippen LogP contribution in [0.2, 0.25) is 0 Å². The van der Waals surface area contributed by atoms with Crippen molar-refractivity contribution < 1.29 is 14.3 Å². The molecule has 0 unspecified atom stereocenters. The van der Waals surface area contributed by atoms with Crippen LogP contribution in [0.15, 0.2) is 42.5 Å². The molecule has 0 bridgehead atoms. The molecule has 1 aliphatic rings. The number of nitriles is 1. The van der Waals surface area contributed by atoms with E-state index in [0.717, 1.165) is 40.8 Å². The molecule has 3 aromatic rings. The van der Waals surface area contributed by atoms with Gasteiger partial charge >= 0.3 is 6.09 Å². The van der Waals surface area contributed by atoms with Gasteiger partial charge in [0.25, 0.3) is 0 Å². The van der Waals surface area contributed by atoms with E-state index in [0.29, 0.717) is 24.5 Å². The smallest absolute Gasteiger partial charge is 0.411 e. The third-order valence-corrected chi connectivity index (χ3v) is 5.27. The Morgan fingerprint density at radius 2 is 2.00 bits per heavy atom. The van der Waals surface area contributed by atoms with Crippen molar-refractivity contribution in [1.29, 1.82) is 5.26 Å². The number of benzene rings is 2. The van der Waals surface area contributed by atoms with Crippen molar-refractivity contribution in [1.82, 2.24) is 4.98 Å². The predicted molar refractivity (Wildman–Crippen MR) is 112 cm³/mol. The van der Waals surface area contributed by atoms with Gasteiger partial charge in [0.1, 0.15) is 11.8 Å². The first kappa shape index (κ1) is 18.9. The van der Waals surface area contributed by atoms with Crippen molar-refractivity contribution in [2.75, 3.05) is 18.5 Å². The summed E-state index contributed by atoms with van der Waals surface area (Å²) in [7, 11) is 0. The number of nitrogens with one attached hydrogen (secondary N) is 2. The van der Waals surface area contributed by atoms with E-state index in [1.165, 1.54) is 0 Å². The van der Waals surface area contributed by atoms with Crippen LogP contribution in [0.5, 0.6) is 5.75 Å². The number of H-pyrrole nitrogens is 1. The maximum atomic E-state index is 12.0. The molecule has 0 atom stereocenters. The van der Waals surface area contributed by atoms with Crippen LogP contribution in [0.25, 0.3) is 22.2 Å². The molecule has 1 saturated carbocycles. The number of carbonyl (C=O) groups excluding carboxylic acids is 1. The number of amides is 1. The van der Waals surface area contributed by atoms with Gasteiger partial charge in [-0.15, -0.1) is 0 Å². The van der Waals surface area contributed by atoms with Gasteiger partial charge in [0.15, 0.2) is 0 Å². The maximum Gasteiger partial charge on any atom is 0.411 e. The Hall–Kier alpha value is -3.46. The number of carbonyl (C=O) groups is 1. The standard InChI is InChI=1S/C23H23N3O3/c1-3-28-17-8-9-20-18(12-17)19(13-24)21(26-20)15-4-6-16(7-5-15)25-22(27)29-14-23(2)10-11-23/h4-9,12,26H,3,10-11,14H2,1-2H3,(H,25,27). The summed E-state index contributed by atoms with van der Waals surface area (Å²) in [6, 6.07) is 15.3. The zero-order valence-corrected chi connectivity index (χ0v) is 16.5. The molecular formula is C23H23N3O3. The van der Waals surface area contributed by atoms with Crippen LogP contribution in [0.3, 0.4) is 0 Å². The Morgan fingerprint density at radius 3 is 2.66 bits per heavy atom. The lowest BCUT2D eigenvalue weighted by Gasteiger charge is -2.11. The van der Waals surface area contributed by atoms with Gasteiger partial charge in [0.2, 0.25) is 0 Å². The Morgan fingerprint density at radius 1 is 1.24 bits per heavy atom. The molecule has 0 aliphatic heterocycles. The van der Waals surface area contributed by atoms with Gasteiger partial charge in [-0.05, 0) is 55.7 Å². The third kappa shape index (κ3) is 4.04. The molecule has 0 spiro atoms. The summed E-state index contributed by atoms with van der Waals surface area (Å²) in [5.74, 6) is 0.736. The minimum Gasteiger partial charge on any atom is -0.494 e. The molecule has 148 valence electrons. The van der Waals surface area contributed by atoms with Crippen LogP contribution in [0.4, 0.5) is 10.5 Å². The number of fused-ring (bicyclic) bond motifs is 1. The van der Waals surface area contributed by atoms with Gasteiger partial charge in [-0.3, -0.25) is 5.32 Å². The highest BCUT2D eigenvalue weighted by atomic mass is 16.5. The summed E-state index contributed by atoms with van der Waals surface area (Å²) in [5, 5.41) is 13.3. The first-order valence-electron chi connectivity index (χ1n) is 9.74. The number of aromatic nitrogens is 1. The Labute approximate surface area is 169 Å². The van der Waals surface area contributed by atoms with E-state index in [9.17, 15) is 10.1 Å². The zero-order valence-electron chi connectivity index (χ0n) is 16.5. The van der Waals surface area contributed by atoms with E-state index >= 15 is 0 Å². The minimum absolute atomic E-state index is 0.159. The van der Waals surface area contributed by atoms with Crippen LogP contribution in [-0.4, -0.2) is 24.3 Å². The van der Waals surface area contributed by atoms with Crippen molar-refractivity contribution in [3.05, 3.63) is 48.0 Å². The van der Waals surface area contributed by atoms with E-state index in [-0.39, 0.29) is 5.41 Å². The van der Waals surface area contributed by atoms with E-state index in [4.69, 9.17) is 9.47 Å². The van der Waals surface area contributed by atoms with Crippen LogP contribution in [0.1, 0.15) is 32.3 Å². The van der Waals surface area contributed by atoms with Crippen LogP contribution >= 0.6 is 0 Å². The van der Waals surface area contributed by atoms with Crippen LogP contribution < -0.4 is 10.1 Å². The highest BCUT2D eigenvalue weighted by Crippen LogP contribution is 2.45. The Kier molecular flexibility index (Phi) is 4.89. The summed E-state index contributed by atoms with van der Waals surface area (Å²) in [5.41, 5.74) is 3.85. The van der Waals surface area contributed by atoms with Crippen molar-refractivity contribution in [3.8, 4) is 23.1 Å². The molecule has 1 aromatic heterocycles. The van der Waals surface area contributed by atoms with E-state index < -0.39 is 6.09 Å². The van der Waals surface area contributed by atoms with Crippen molar-refractivity contribution in [3.63, 3.8) is 0 Å². The fourth-order valence-electron chi connectivity index (χ4n) is 3.23. The fourth-order valence-corrected chi connectivity index (χ4v) is 3.23. The molecule has 2 aromatic carbocycles. The quantitative estimate of drug-likeness (QED) is 0.586. The van der Waals surface area contributed by atoms with Gasteiger partial charge < -0.3 is 14.5 Å². The highest BCUT2D eigenvalue weighted by Gasteiger charge is 2.38. The van der Waals surface area contributed by atoms with Gasteiger partial charge in [-0.25, -0.2) is 4.79 Å². The molecule has 1 heterocycles. The minimum atomic E-state index is -0.447. The average Bonchev–Trinajstić information content (AvgIpc) is 3.35. The largest absolute Gasteiger partial charge is 0.494 e. The molecule has 0 saturated heterocycles. The van der Waals surface area contributed by atoms with Gasteiger partial charge in [-0.2, -0.15) is 5.26 Å². The second kappa shape index (κ2) is 7.51. The van der Waals surface area contributed by atoms with E-state index in [1.807, 2.05) is 37.3 Å². The number of rotatable bonds is 6. The topological polar surface area (TPSA) is 87.1 Å². The monoisotopic (exact) mass is 389 g/mol. The van der Waals surface area contributed by atoms with E-state index in [2.05, 4.69) is 23.3 Å². The number of ether oxygens (including phenoxy) is 2. The van der Waals surface area contributed by atoms with Gasteiger partial charge in [0.05, 0.1) is 24.5 Å². The van der Waals surface area contributed by atoms with Crippen molar-refractivity contribution >= 4 is 22.7 Å². The summed E-state index contributed by atoms with van der Waals surface area (Å²) < 4.78 is 10.8. The molecule has 1 fully saturated rings. The van der Waals surface area contributed by atoms with Crippen LogP contribution in [0, 0.1) is 16.7 Å². The first-order chi connectivity index (χ1) is 14.0. The van der Waals surface area contributed by atoms with Crippen molar-refractivity contribution in [2.45, 2.75) is 26.7 Å². The first-order valence-corrected chi connectivity index (χ1v) is 9.74. The number of nitrogens with zero attached hydrogens (tertiary/aromatic N) is 1. The summed E-state index contributed by atoms with van der Waals surface area (Å²) in [6.07, 6.45) is 1.76. The second-order valence-corrected chi connectivity index (χ2v) is 7.72. The van der Waals surface area contributed by atoms with Crippen molar-refractivity contribution in [2.24, 2.45) is 5.41 Å². The lowest BCUT2D eigenvalue weighted by atomic mass is 10.1. The molecule has 1 amide bonds. The summed E-state index contributed by atoms with van der Waals surface area (Å²) in [4.78, 5) is 15.3. The average molecular weight is 389 g/mol. The molecular weight excluding hydrogens is 366 g/mol. The lowest BCUT2D eigenvalue weighted by molar-refractivity contribution is 0.139. The predicted octanol–water partition coefficient (Wildman–Crippen LogP) is 5.45. The molecule has 0 radical (unpaired) electrons. The number of hydrogen-bond donors (Lipinski definition) is 2.